The van der Waals surface area contributed by atoms with Gasteiger partial charge in [0.1, 0.15) is 0 Å². The number of Topliss-reactive ketones (excluding diaryl/α,β-unsaturated/α-hetero) is 1. The molecule has 0 radical (unpaired) electrons. The third-order valence-electron chi connectivity index (χ3n) is 1.62. The molecule has 0 fully saturated rings. The van der Waals surface area contributed by atoms with Gasteiger partial charge in [-0.3, -0.25) is 9.78 Å². The summed E-state index contributed by atoms with van der Waals surface area (Å²) >= 11 is 1.28. The van der Waals surface area contributed by atoms with E-state index in [0.29, 0.717) is 4.91 Å². The quantitative estimate of drug-likeness (QED) is 0.708. The minimum Gasteiger partial charge on any atom is -0.294 e. The molecule has 0 bridgehead atoms. The summed E-state index contributed by atoms with van der Waals surface area (Å²) in [7, 11) is 0. The Kier molecular flexibility index (Phi) is 3.65. The third kappa shape index (κ3) is 2.85. The smallest absolute Gasteiger partial charge is 0.165 e. The Morgan fingerprint density at radius 2 is 2.21 bits per heavy atom. The zero-order valence-electron chi connectivity index (χ0n) is 7.99. The number of ketones is 1. The van der Waals surface area contributed by atoms with Gasteiger partial charge in [-0.2, -0.15) is 0 Å². The van der Waals surface area contributed by atoms with Gasteiger partial charge in [0.15, 0.2) is 5.78 Å². The van der Waals surface area contributed by atoms with Gasteiger partial charge in [0, 0.05) is 27.8 Å². The third-order valence-corrected chi connectivity index (χ3v) is 2.64. The number of hydrogen-bond donors (Lipinski definition) is 0. The van der Waals surface area contributed by atoms with Crippen LogP contribution in [0.2, 0.25) is 0 Å². The molecule has 0 unspecified atom stereocenters. The van der Waals surface area contributed by atoms with Crippen LogP contribution in [-0.4, -0.2) is 10.8 Å². The summed E-state index contributed by atoms with van der Waals surface area (Å²) in [6, 6.07) is 3.73. The number of rotatable bonds is 4. The molecule has 0 amide bonds. The summed E-state index contributed by atoms with van der Waals surface area (Å²) in [5, 5.41) is 0. The maximum atomic E-state index is 10.9. The maximum Gasteiger partial charge on any atom is 0.165 e. The Morgan fingerprint density at radius 1 is 1.50 bits per heavy atom. The van der Waals surface area contributed by atoms with Crippen LogP contribution >= 0.6 is 11.8 Å². The molecule has 1 rings (SSSR count). The highest BCUT2D eigenvalue weighted by atomic mass is 32.2. The van der Waals surface area contributed by atoms with Gasteiger partial charge in [0.25, 0.3) is 0 Å². The van der Waals surface area contributed by atoms with E-state index >= 15 is 0 Å². The monoisotopic (exact) mass is 205 g/mol. The van der Waals surface area contributed by atoms with Gasteiger partial charge in [0.2, 0.25) is 0 Å². The fourth-order valence-electron chi connectivity index (χ4n) is 0.807. The number of pyridine rings is 1. The van der Waals surface area contributed by atoms with Crippen molar-refractivity contribution in [1.29, 1.82) is 0 Å². The predicted molar refractivity (Wildman–Crippen MR) is 60.7 cm³/mol. The first-order chi connectivity index (χ1) is 6.61. The molecule has 0 aliphatic heterocycles. The normalized spacial score (nSPS) is 9.50. The van der Waals surface area contributed by atoms with Crippen LogP contribution in [0, 0.1) is 0 Å². The fraction of sp³-hybridized carbons (Fsp3) is 0.0909. The number of hydrogen-bond acceptors (Lipinski definition) is 3. The molecule has 2 nitrogen and oxygen atoms in total. The number of thioether (sulfide) groups is 1. The highest BCUT2D eigenvalue weighted by Gasteiger charge is 2.05. The highest BCUT2D eigenvalue weighted by Crippen LogP contribution is 2.30. The molecule has 14 heavy (non-hydrogen) atoms. The zero-order valence-corrected chi connectivity index (χ0v) is 8.80. The van der Waals surface area contributed by atoms with Crippen LogP contribution in [0.5, 0.6) is 0 Å². The average Bonchev–Trinajstić information content (AvgIpc) is 2.19. The number of nitrogens with zero attached hydrogens (tertiary/aromatic N) is 1. The van der Waals surface area contributed by atoms with Crippen molar-refractivity contribution in [3.63, 3.8) is 0 Å². The van der Waals surface area contributed by atoms with Gasteiger partial charge in [-0.25, -0.2) is 0 Å². The van der Waals surface area contributed by atoms with Gasteiger partial charge in [-0.05, 0) is 13.0 Å². The second kappa shape index (κ2) is 4.77. The Morgan fingerprint density at radius 3 is 2.71 bits per heavy atom. The van der Waals surface area contributed by atoms with E-state index in [1.807, 2.05) is 12.1 Å². The summed E-state index contributed by atoms with van der Waals surface area (Å²) in [4.78, 5) is 16.2. The first-order valence-electron chi connectivity index (χ1n) is 4.08. The maximum absolute atomic E-state index is 10.9. The van der Waals surface area contributed by atoms with Crippen LogP contribution in [0.4, 0.5) is 0 Å². The van der Waals surface area contributed by atoms with E-state index in [-0.39, 0.29) is 5.78 Å². The van der Waals surface area contributed by atoms with Crippen molar-refractivity contribution in [3.05, 3.63) is 48.2 Å². The van der Waals surface area contributed by atoms with E-state index in [9.17, 15) is 4.79 Å². The summed E-state index contributed by atoms with van der Waals surface area (Å²) in [5.41, 5.74) is 0.917. The van der Waals surface area contributed by atoms with Crippen molar-refractivity contribution in [2.75, 3.05) is 0 Å². The van der Waals surface area contributed by atoms with Gasteiger partial charge in [-0.15, -0.1) is 0 Å². The molecule has 0 saturated carbocycles. The topological polar surface area (TPSA) is 30.0 Å². The second-order valence-corrected chi connectivity index (χ2v) is 3.94. The molecule has 0 saturated heterocycles. The van der Waals surface area contributed by atoms with Gasteiger partial charge >= 0.3 is 0 Å². The van der Waals surface area contributed by atoms with Gasteiger partial charge in [-0.1, -0.05) is 31.0 Å². The van der Waals surface area contributed by atoms with E-state index in [0.717, 1.165) is 10.5 Å². The molecule has 0 aliphatic carbocycles. The van der Waals surface area contributed by atoms with E-state index in [4.69, 9.17) is 0 Å². The molecule has 0 aliphatic rings. The van der Waals surface area contributed by atoms with Crippen LogP contribution in [0.15, 0.2) is 42.6 Å². The molecule has 1 heterocycles. The first-order valence-corrected chi connectivity index (χ1v) is 4.90. The Balaban J connectivity index is 2.69. The van der Waals surface area contributed by atoms with Crippen molar-refractivity contribution >= 4 is 22.5 Å². The first kappa shape index (κ1) is 10.7. The number of allylic oxidation sites excluding steroid dienone is 1. The highest BCUT2D eigenvalue weighted by molar-refractivity contribution is 8.12. The lowest BCUT2D eigenvalue weighted by Crippen LogP contribution is -1.90. The van der Waals surface area contributed by atoms with Crippen molar-refractivity contribution in [2.45, 2.75) is 6.92 Å². The minimum absolute atomic E-state index is 0.0277. The van der Waals surface area contributed by atoms with E-state index < -0.39 is 0 Å². The van der Waals surface area contributed by atoms with Gasteiger partial charge in [0.05, 0.1) is 0 Å². The molecule has 0 atom stereocenters. The standard InChI is InChI=1S/C11H11NOS/c1-8(13)9(2)14-10(3)11-5-4-6-12-7-11/h4-7H,2-3H2,1H3. The number of carbonyl (C=O) groups excluding carboxylic acids is 1. The molecular formula is C11H11NOS. The molecule has 3 heteroatoms. The fourth-order valence-corrected chi connectivity index (χ4v) is 1.49. The molecule has 0 spiro atoms. The van der Waals surface area contributed by atoms with Crippen molar-refractivity contribution in [1.82, 2.24) is 4.98 Å². The zero-order chi connectivity index (χ0) is 10.6. The van der Waals surface area contributed by atoms with E-state index in [2.05, 4.69) is 18.1 Å². The molecule has 72 valence electrons. The van der Waals surface area contributed by atoms with Crippen molar-refractivity contribution < 1.29 is 4.79 Å². The lowest BCUT2D eigenvalue weighted by molar-refractivity contribution is -0.112. The molecular weight excluding hydrogens is 194 g/mol. The van der Waals surface area contributed by atoms with E-state index in [1.54, 1.807) is 12.4 Å². The lowest BCUT2D eigenvalue weighted by atomic mass is 10.3. The van der Waals surface area contributed by atoms with Crippen LogP contribution in [-0.2, 0) is 4.79 Å². The Bertz CT molecular complexity index is 370. The Hall–Kier alpha value is -1.35. The van der Waals surface area contributed by atoms with Crippen molar-refractivity contribution in [3.8, 4) is 0 Å². The summed E-state index contributed by atoms with van der Waals surface area (Å²) < 4.78 is 0. The number of aromatic nitrogens is 1. The Labute approximate surface area is 87.7 Å². The van der Waals surface area contributed by atoms with Crippen LogP contribution < -0.4 is 0 Å². The number of carbonyl (C=O) groups is 1. The lowest BCUT2D eigenvalue weighted by Gasteiger charge is -2.04. The SMILES string of the molecule is C=C(SC(=C)c1cccnc1)C(C)=O. The molecule has 0 N–H and O–H groups in total. The average molecular weight is 205 g/mol. The summed E-state index contributed by atoms with van der Waals surface area (Å²) in [5.74, 6) is -0.0277. The van der Waals surface area contributed by atoms with Crippen LogP contribution in [0.25, 0.3) is 4.91 Å². The molecule has 1 aromatic rings. The largest absolute Gasteiger partial charge is 0.294 e. The van der Waals surface area contributed by atoms with Crippen molar-refractivity contribution in [2.24, 2.45) is 0 Å². The van der Waals surface area contributed by atoms with Crippen LogP contribution in [0.1, 0.15) is 12.5 Å². The molecule has 0 aromatic carbocycles. The van der Waals surface area contributed by atoms with Crippen LogP contribution in [0.3, 0.4) is 0 Å². The summed E-state index contributed by atoms with van der Waals surface area (Å²) in [6.45, 7) is 9.00. The van der Waals surface area contributed by atoms with E-state index in [1.165, 1.54) is 18.7 Å². The minimum atomic E-state index is -0.0277. The molecule has 1 aromatic heterocycles. The predicted octanol–water partition coefficient (Wildman–Crippen LogP) is 2.89. The second-order valence-electron chi connectivity index (χ2n) is 2.75. The van der Waals surface area contributed by atoms with Gasteiger partial charge < -0.3 is 0 Å². The summed E-state index contributed by atoms with van der Waals surface area (Å²) in [6.07, 6.45) is 3.41.